The molecule has 146 valence electrons. The van der Waals surface area contributed by atoms with E-state index >= 15 is 0 Å². The molecule has 28 heavy (non-hydrogen) atoms. The second-order valence-corrected chi connectivity index (χ2v) is 6.66. The average Bonchev–Trinajstić information content (AvgIpc) is 3.39. The van der Waals surface area contributed by atoms with Crippen LogP contribution in [0.4, 0.5) is 0 Å². The highest BCUT2D eigenvalue weighted by molar-refractivity contribution is 5.92. The van der Waals surface area contributed by atoms with Crippen molar-refractivity contribution in [3.63, 3.8) is 0 Å². The van der Waals surface area contributed by atoms with Crippen molar-refractivity contribution in [2.24, 2.45) is 0 Å². The number of carbonyl (C=O) groups excluding carboxylic acids is 1. The van der Waals surface area contributed by atoms with Gasteiger partial charge in [0.1, 0.15) is 5.76 Å². The normalized spacial score (nSPS) is 15.1. The molecular formula is C18H21N7O3. The minimum Gasteiger partial charge on any atom is -0.361 e. The molecule has 0 aromatic carbocycles. The number of nitrogens with zero attached hydrogens (tertiary/aromatic N) is 7. The minimum atomic E-state index is -0.147. The Labute approximate surface area is 160 Å². The van der Waals surface area contributed by atoms with Gasteiger partial charge in [-0.05, 0) is 19.1 Å². The number of aryl methyl sites for hydroxylation is 1. The number of piperazine rings is 1. The zero-order valence-corrected chi connectivity index (χ0v) is 15.6. The third kappa shape index (κ3) is 3.86. The maximum absolute atomic E-state index is 12.4. The van der Waals surface area contributed by atoms with E-state index < -0.39 is 0 Å². The molecule has 4 rings (SSSR count). The summed E-state index contributed by atoms with van der Waals surface area (Å²) in [7, 11) is 0. The molecule has 4 heterocycles. The minimum absolute atomic E-state index is 0.110. The van der Waals surface area contributed by atoms with E-state index in [2.05, 4.69) is 20.3 Å². The van der Waals surface area contributed by atoms with Crippen molar-refractivity contribution in [1.29, 1.82) is 0 Å². The number of rotatable bonds is 5. The van der Waals surface area contributed by atoms with Crippen LogP contribution in [0.3, 0.4) is 0 Å². The summed E-state index contributed by atoms with van der Waals surface area (Å²) in [6.07, 6.45) is 3.45. The van der Waals surface area contributed by atoms with Gasteiger partial charge >= 0.3 is 0 Å². The average molecular weight is 383 g/mol. The Hall–Kier alpha value is -3.27. The Kier molecular flexibility index (Phi) is 5.02. The van der Waals surface area contributed by atoms with Gasteiger partial charge in [-0.25, -0.2) is 9.36 Å². The lowest BCUT2D eigenvalue weighted by molar-refractivity contribution is 0.0621. The quantitative estimate of drug-likeness (QED) is 0.619. The first-order valence-corrected chi connectivity index (χ1v) is 9.13. The molecule has 0 bridgehead atoms. The fourth-order valence-electron chi connectivity index (χ4n) is 3.16. The van der Waals surface area contributed by atoms with Gasteiger partial charge in [-0.3, -0.25) is 14.5 Å². The van der Waals surface area contributed by atoms with E-state index in [9.17, 15) is 9.59 Å². The molecule has 1 aliphatic rings. The smallest absolute Gasteiger partial charge is 0.276 e. The molecule has 3 aromatic rings. The SMILES string of the molecule is Cc1cc(C(=O)N2CCN(CCn3nc(-n4cccn4)ccc3=O)CC2)no1. The van der Waals surface area contributed by atoms with Crippen LogP contribution in [-0.4, -0.2) is 73.1 Å². The summed E-state index contributed by atoms with van der Waals surface area (Å²) in [6.45, 7) is 5.61. The molecule has 1 amide bonds. The molecule has 10 nitrogen and oxygen atoms in total. The molecule has 3 aromatic heterocycles. The predicted octanol–water partition coefficient (Wildman–Crippen LogP) is 0.183. The topological polar surface area (TPSA) is 102 Å². The molecule has 1 aliphatic heterocycles. The molecule has 0 N–H and O–H groups in total. The monoisotopic (exact) mass is 383 g/mol. The van der Waals surface area contributed by atoms with E-state index in [1.165, 1.54) is 10.7 Å². The summed E-state index contributed by atoms with van der Waals surface area (Å²) in [4.78, 5) is 28.5. The van der Waals surface area contributed by atoms with Crippen LogP contribution in [0.15, 0.2) is 46.0 Å². The summed E-state index contributed by atoms with van der Waals surface area (Å²) in [5, 5.41) is 12.3. The second kappa shape index (κ2) is 7.77. The first-order valence-electron chi connectivity index (χ1n) is 9.13. The summed E-state index contributed by atoms with van der Waals surface area (Å²) in [6, 6.07) is 6.61. The number of hydrogen-bond acceptors (Lipinski definition) is 7. The lowest BCUT2D eigenvalue weighted by atomic mass is 10.2. The van der Waals surface area contributed by atoms with Gasteiger partial charge in [-0.1, -0.05) is 5.16 Å². The van der Waals surface area contributed by atoms with Crippen LogP contribution in [0, 0.1) is 6.92 Å². The van der Waals surface area contributed by atoms with Gasteiger partial charge in [0.15, 0.2) is 11.5 Å². The van der Waals surface area contributed by atoms with Crippen molar-refractivity contribution in [2.75, 3.05) is 32.7 Å². The van der Waals surface area contributed by atoms with E-state index in [1.807, 2.05) is 0 Å². The fraction of sp³-hybridized carbons (Fsp3) is 0.389. The molecule has 1 fully saturated rings. The Balaban J connectivity index is 1.33. The van der Waals surface area contributed by atoms with Gasteiger partial charge in [-0.2, -0.15) is 5.10 Å². The fourth-order valence-corrected chi connectivity index (χ4v) is 3.16. The Morgan fingerprint density at radius 1 is 1.18 bits per heavy atom. The molecule has 0 atom stereocenters. The molecule has 0 aliphatic carbocycles. The van der Waals surface area contributed by atoms with Crippen molar-refractivity contribution >= 4 is 5.91 Å². The molecule has 0 spiro atoms. The van der Waals surface area contributed by atoms with Gasteiger partial charge in [0.25, 0.3) is 11.5 Å². The Morgan fingerprint density at radius 2 is 2.00 bits per heavy atom. The van der Waals surface area contributed by atoms with E-state index in [1.54, 1.807) is 47.1 Å². The van der Waals surface area contributed by atoms with E-state index in [0.717, 1.165) is 13.1 Å². The maximum Gasteiger partial charge on any atom is 0.276 e. The van der Waals surface area contributed by atoms with Crippen molar-refractivity contribution in [1.82, 2.24) is 34.5 Å². The zero-order chi connectivity index (χ0) is 19.5. The standard InChI is InChI=1S/C18H21N7O3/c1-14-13-15(21-28-14)18(27)23-10-7-22(8-11-23)9-12-25-17(26)4-3-16(20-25)24-6-2-5-19-24/h2-6,13H,7-12H2,1H3. The number of carbonyl (C=O) groups is 1. The van der Waals surface area contributed by atoms with Crippen LogP contribution in [0.5, 0.6) is 0 Å². The van der Waals surface area contributed by atoms with Crippen molar-refractivity contribution in [2.45, 2.75) is 13.5 Å². The summed E-state index contributed by atoms with van der Waals surface area (Å²) in [5.41, 5.74) is 0.197. The zero-order valence-electron chi connectivity index (χ0n) is 15.6. The van der Waals surface area contributed by atoms with Gasteiger partial charge < -0.3 is 9.42 Å². The number of hydrogen-bond donors (Lipinski definition) is 0. The summed E-state index contributed by atoms with van der Waals surface area (Å²) in [5.74, 6) is 1.11. The summed E-state index contributed by atoms with van der Waals surface area (Å²) >= 11 is 0. The lowest BCUT2D eigenvalue weighted by Crippen LogP contribution is -2.49. The molecule has 0 saturated carbocycles. The number of aromatic nitrogens is 5. The maximum atomic E-state index is 12.4. The van der Waals surface area contributed by atoms with Crippen molar-refractivity contribution in [3.8, 4) is 5.82 Å². The van der Waals surface area contributed by atoms with Crippen LogP contribution in [-0.2, 0) is 6.54 Å². The second-order valence-electron chi connectivity index (χ2n) is 6.66. The van der Waals surface area contributed by atoms with Gasteiger partial charge in [0, 0.05) is 57.3 Å². The lowest BCUT2D eigenvalue weighted by Gasteiger charge is -2.34. The van der Waals surface area contributed by atoms with Gasteiger partial charge in [0.2, 0.25) is 0 Å². The largest absolute Gasteiger partial charge is 0.361 e. The Bertz CT molecular complexity index is 1000. The summed E-state index contributed by atoms with van der Waals surface area (Å²) < 4.78 is 8.05. The third-order valence-electron chi connectivity index (χ3n) is 4.73. The number of amides is 1. The highest BCUT2D eigenvalue weighted by Crippen LogP contribution is 2.09. The molecule has 1 saturated heterocycles. The van der Waals surface area contributed by atoms with Crippen molar-refractivity contribution in [3.05, 3.63) is 58.5 Å². The van der Waals surface area contributed by atoms with Gasteiger partial charge in [-0.15, -0.1) is 5.10 Å². The van der Waals surface area contributed by atoms with E-state index in [4.69, 9.17) is 4.52 Å². The van der Waals surface area contributed by atoms with E-state index in [0.29, 0.717) is 43.5 Å². The highest BCUT2D eigenvalue weighted by atomic mass is 16.5. The predicted molar refractivity (Wildman–Crippen MR) is 99.2 cm³/mol. The first-order chi connectivity index (χ1) is 13.6. The van der Waals surface area contributed by atoms with Crippen LogP contribution in [0.2, 0.25) is 0 Å². The highest BCUT2D eigenvalue weighted by Gasteiger charge is 2.24. The molecule has 10 heteroatoms. The third-order valence-corrected chi connectivity index (χ3v) is 4.73. The van der Waals surface area contributed by atoms with Crippen molar-refractivity contribution < 1.29 is 9.32 Å². The van der Waals surface area contributed by atoms with Crippen LogP contribution < -0.4 is 5.56 Å². The van der Waals surface area contributed by atoms with Crippen LogP contribution in [0.1, 0.15) is 16.2 Å². The first kappa shape index (κ1) is 18.1. The molecule has 0 radical (unpaired) electrons. The molecule has 0 unspecified atom stereocenters. The van der Waals surface area contributed by atoms with E-state index in [-0.39, 0.29) is 11.5 Å². The van der Waals surface area contributed by atoms with Gasteiger partial charge in [0.05, 0.1) is 6.54 Å². The van der Waals surface area contributed by atoms with Crippen LogP contribution in [0.25, 0.3) is 5.82 Å². The van der Waals surface area contributed by atoms with Crippen LogP contribution >= 0.6 is 0 Å². The Morgan fingerprint density at radius 3 is 2.68 bits per heavy atom. The molecular weight excluding hydrogens is 362 g/mol.